The Morgan fingerprint density at radius 1 is 1.16 bits per heavy atom. The smallest absolute Gasteiger partial charge is 0.387 e. The van der Waals surface area contributed by atoms with Crippen LogP contribution in [0.2, 0.25) is 5.02 Å². The molecule has 0 bridgehead atoms. The number of carbonyl (C=O) groups is 1. The number of nitrogens with one attached hydrogen (secondary N) is 1. The Morgan fingerprint density at radius 3 is 2.64 bits per heavy atom. The topological polar surface area (TPSA) is 68.5 Å². The van der Waals surface area contributed by atoms with Gasteiger partial charge in [0.25, 0.3) is 5.91 Å². The van der Waals surface area contributed by atoms with Crippen LogP contribution in [-0.2, 0) is 0 Å². The number of carbonyl (C=O) groups excluding carboxylic acids is 1. The number of fused-ring (bicyclic) bond motifs is 1. The van der Waals surface area contributed by atoms with Gasteiger partial charge in [0.05, 0.1) is 10.4 Å². The normalized spacial score (nSPS) is 10.9. The molecule has 3 aromatic rings. The van der Waals surface area contributed by atoms with Crippen LogP contribution in [0, 0.1) is 0 Å². The largest absolute Gasteiger partial charge is 0.451 e. The van der Waals surface area contributed by atoms with Crippen LogP contribution in [0.4, 0.5) is 14.5 Å². The van der Waals surface area contributed by atoms with Gasteiger partial charge in [0, 0.05) is 11.8 Å². The standard InChI is InChI=1S/C17H10ClF2NO4/c18-11-7-9(5-6-14(11)25-17(19)20)21-16(23)15-8-12(22)10-3-1-2-4-13(10)24-15/h1-8,17H,(H,21,23). The maximum Gasteiger partial charge on any atom is 0.387 e. The minimum Gasteiger partial charge on any atom is -0.451 e. The highest BCUT2D eigenvalue weighted by molar-refractivity contribution is 6.32. The lowest BCUT2D eigenvalue weighted by Crippen LogP contribution is -2.15. The summed E-state index contributed by atoms with van der Waals surface area (Å²) in [6.45, 7) is -3.01. The number of para-hydroxylation sites is 1. The van der Waals surface area contributed by atoms with E-state index >= 15 is 0 Å². The van der Waals surface area contributed by atoms with E-state index < -0.39 is 12.5 Å². The van der Waals surface area contributed by atoms with Gasteiger partial charge in [0.2, 0.25) is 0 Å². The summed E-state index contributed by atoms with van der Waals surface area (Å²) in [5.41, 5.74) is 0.150. The van der Waals surface area contributed by atoms with Gasteiger partial charge in [-0.15, -0.1) is 0 Å². The third kappa shape index (κ3) is 3.77. The molecule has 1 N–H and O–H groups in total. The SMILES string of the molecule is O=C(Nc1ccc(OC(F)F)c(Cl)c1)c1cc(=O)c2ccccc2o1. The molecule has 0 aliphatic rings. The second-order valence-electron chi connectivity index (χ2n) is 4.95. The Kier molecular flexibility index (Phi) is 4.67. The maximum atomic E-state index is 12.2. The highest BCUT2D eigenvalue weighted by atomic mass is 35.5. The zero-order valence-corrected chi connectivity index (χ0v) is 13.2. The van der Waals surface area contributed by atoms with Crippen molar-refractivity contribution in [3.63, 3.8) is 0 Å². The van der Waals surface area contributed by atoms with Crippen molar-refractivity contribution < 1.29 is 22.7 Å². The fourth-order valence-electron chi connectivity index (χ4n) is 2.18. The molecule has 128 valence electrons. The molecular weight excluding hydrogens is 356 g/mol. The molecule has 0 aliphatic carbocycles. The number of halogens is 3. The predicted octanol–water partition coefficient (Wildman–Crippen LogP) is 4.30. The zero-order chi connectivity index (χ0) is 18.0. The number of hydrogen-bond acceptors (Lipinski definition) is 4. The number of ether oxygens (including phenoxy) is 1. The van der Waals surface area contributed by atoms with E-state index in [1.54, 1.807) is 24.3 Å². The van der Waals surface area contributed by atoms with Crippen molar-refractivity contribution in [2.24, 2.45) is 0 Å². The number of rotatable bonds is 4. The molecule has 1 heterocycles. The first-order chi connectivity index (χ1) is 11.9. The van der Waals surface area contributed by atoms with Crippen molar-refractivity contribution in [1.29, 1.82) is 0 Å². The van der Waals surface area contributed by atoms with Crippen LogP contribution in [0.15, 0.2) is 57.7 Å². The minimum atomic E-state index is -3.01. The number of amides is 1. The van der Waals surface area contributed by atoms with Gasteiger partial charge < -0.3 is 14.5 Å². The number of benzene rings is 2. The molecule has 0 unspecified atom stereocenters. The number of hydrogen-bond donors (Lipinski definition) is 1. The molecule has 25 heavy (non-hydrogen) atoms. The van der Waals surface area contributed by atoms with Crippen molar-refractivity contribution in [3.05, 3.63) is 69.5 Å². The minimum absolute atomic E-state index is 0.0990. The molecule has 1 amide bonds. The average Bonchev–Trinajstić information content (AvgIpc) is 2.57. The summed E-state index contributed by atoms with van der Waals surface area (Å²) >= 11 is 5.82. The predicted molar refractivity (Wildman–Crippen MR) is 88.5 cm³/mol. The van der Waals surface area contributed by atoms with E-state index in [-0.39, 0.29) is 33.2 Å². The molecule has 0 aliphatic heterocycles. The van der Waals surface area contributed by atoms with Gasteiger partial charge in [0.1, 0.15) is 11.3 Å². The van der Waals surface area contributed by atoms with E-state index in [2.05, 4.69) is 10.1 Å². The first kappa shape index (κ1) is 16.9. The van der Waals surface area contributed by atoms with Gasteiger partial charge >= 0.3 is 6.61 Å². The molecule has 0 atom stereocenters. The van der Waals surface area contributed by atoms with E-state index in [1.807, 2.05) is 0 Å². The Labute approximate surface area is 144 Å². The highest BCUT2D eigenvalue weighted by Crippen LogP contribution is 2.29. The van der Waals surface area contributed by atoms with Gasteiger partial charge in [-0.3, -0.25) is 9.59 Å². The average molecular weight is 366 g/mol. The molecule has 0 spiro atoms. The van der Waals surface area contributed by atoms with Gasteiger partial charge in [0.15, 0.2) is 11.2 Å². The van der Waals surface area contributed by atoms with Gasteiger partial charge in [-0.1, -0.05) is 23.7 Å². The fourth-order valence-corrected chi connectivity index (χ4v) is 2.40. The third-order valence-corrected chi connectivity index (χ3v) is 3.56. The van der Waals surface area contributed by atoms with E-state index in [1.165, 1.54) is 18.2 Å². The van der Waals surface area contributed by atoms with Crippen LogP contribution in [0.1, 0.15) is 10.6 Å². The van der Waals surface area contributed by atoms with Gasteiger partial charge in [-0.25, -0.2) is 0 Å². The first-order valence-corrected chi connectivity index (χ1v) is 7.40. The van der Waals surface area contributed by atoms with Crippen LogP contribution < -0.4 is 15.5 Å². The second-order valence-corrected chi connectivity index (χ2v) is 5.36. The summed E-state index contributed by atoms with van der Waals surface area (Å²) in [4.78, 5) is 24.3. The monoisotopic (exact) mass is 365 g/mol. The Hall–Kier alpha value is -2.93. The van der Waals surface area contributed by atoms with Crippen molar-refractivity contribution >= 4 is 34.2 Å². The van der Waals surface area contributed by atoms with Crippen molar-refractivity contribution in [1.82, 2.24) is 0 Å². The Morgan fingerprint density at radius 2 is 1.92 bits per heavy atom. The molecule has 3 rings (SSSR count). The molecule has 0 saturated carbocycles. The van der Waals surface area contributed by atoms with Crippen LogP contribution in [-0.4, -0.2) is 12.5 Å². The summed E-state index contributed by atoms with van der Waals surface area (Å²) in [6.07, 6.45) is 0. The molecule has 2 aromatic carbocycles. The fraction of sp³-hybridized carbons (Fsp3) is 0.0588. The lowest BCUT2D eigenvalue weighted by atomic mass is 10.2. The third-order valence-electron chi connectivity index (χ3n) is 3.26. The highest BCUT2D eigenvalue weighted by Gasteiger charge is 2.14. The van der Waals surface area contributed by atoms with Gasteiger partial charge in [-0.05, 0) is 30.3 Å². The second kappa shape index (κ2) is 6.90. The summed E-state index contributed by atoms with van der Waals surface area (Å²) in [5, 5.41) is 2.73. The summed E-state index contributed by atoms with van der Waals surface area (Å²) < 4.78 is 34.0. The Bertz CT molecular complexity index is 1000. The first-order valence-electron chi connectivity index (χ1n) is 7.02. The van der Waals surface area contributed by atoms with E-state index in [4.69, 9.17) is 16.0 Å². The van der Waals surface area contributed by atoms with Gasteiger partial charge in [-0.2, -0.15) is 8.78 Å². The van der Waals surface area contributed by atoms with E-state index in [0.29, 0.717) is 5.39 Å². The molecule has 8 heteroatoms. The van der Waals surface area contributed by atoms with E-state index in [0.717, 1.165) is 6.07 Å². The Balaban J connectivity index is 1.85. The molecule has 1 aromatic heterocycles. The van der Waals surface area contributed by atoms with E-state index in [9.17, 15) is 18.4 Å². The van der Waals surface area contributed by atoms with Crippen LogP contribution in [0.25, 0.3) is 11.0 Å². The summed E-state index contributed by atoms with van der Waals surface area (Å²) in [5.74, 6) is -1.08. The molecule has 0 saturated heterocycles. The summed E-state index contributed by atoms with van der Waals surface area (Å²) in [6, 6.07) is 11.4. The zero-order valence-electron chi connectivity index (χ0n) is 12.5. The molecule has 0 fully saturated rings. The molecule has 5 nitrogen and oxygen atoms in total. The lowest BCUT2D eigenvalue weighted by molar-refractivity contribution is -0.0497. The lowest BCUT2D eigenvalue weighted by Gasteiger charge is -2.09. The quantitative estimate of drug-likeness (QED) is 0.748. The number of anilines is 1. The van der Waals surface area contributed by atoms with Crippen LogP contribution >= 0.6 is 11.6 Å². The molecule has 0 radical (unpaired) electrons. The van der Waals surface area contributed by atoms with Crippen molar-refractivity contribution in [3.8, 4) is 5.75 Å². The van der Waals surface area contributed by atoms with Crippen LogP contribution in [0.5, 0.6) is 5.75 Å². The van der Waals surface area contributed by atoms with Crippen LogP contribution in [0.3, 0.4) is 0 Å². The summed E-state index contributed by atoms with van der Waals surface area (Å²) in [7, 11) is 0. The van der Waals surface area contributed by atoms with Crippen molar-refractivity contribution in [2.75, 3.05) is 5.32 Å². The number of alkyl halides is 2. The molecular formula is C17H10ClF2NO4. The maximum absolute atomic E-state index is 12.2. The van der Waals surface area contributed by atoms with Crippen molar-refractivity contribution in [2.45, 2.75) is 6.61 Å².